The molecule has 0 bridgehead atoms. The lowest BCUT2D eigenvalue weighted by Crippen LogP contribution is -2.63. The highest BCUT2D eigenvalue weighted by atomic mass is 16.5. The molecule has 0 aliphatic carbocycles. The molecule has 2 aliphatic rings. The van der Waals surface area contributed by atoms with Crippen LogP contribution in [0.1, 0.15) is 188 Å². The van der Waals surface area contributed by atoms with Crippen LogP contribution in [0.25, 0.3) is 0 Å². The van der Waals surface area contributed by atoms with Crippen molar-refractivity contribution < 1.29 is 67.3 Å². The van der Waals surface area contributed by atoms with E-state index in [0.717, 1.165) is 32.5 Å². The van der Waals surface area contributed by atoms with Gasteiger partial charge in [-0.05, 0) is 108 Å². The number of hydrogen-bond donors (Lipinski definition) is 4. The Labute approximate surface area is 564 Å². The number of Topliss-reactive ketones (excluding diaryl/α,β-unsaturated/α-hetero) is 2. The van der Waals surface area contributed by atoms with Crippen LogP contribution < -0.4 is 16.0 Å². The van der Waals surface area contributed by atoms with Crippen LogP contribution in [0.15, 0.2) is 0 Å². The Balaban J connectivity index is 2.97. The Bertz CT molecular complexity index is 2490. The molecule has 14 atom stereocenters. The zero-order chi connectivity index (χ0) is 71.9. The molecule has 2 rings (SSSR count). The summed E-state index contributed by atoms with van der Waals surface area (Å²) in [6, 6.07) is -11.2. The lowest BCUT2D eigenvalue weighted by atomic mass is 9.85. The van der Waals surface area contributed by atoms with Crippen LogP contribution in [0.3, 0.4) is 0 Å². The second-order valence-corrected chi connectivity index (χ2v) is 29.1. The first-order valence-corrected chi connectivity index (χ1v) is 35.0. The van der Waals surface area contributed by atoms with E-state index >= 15 is 14.4 Å². The van der Waals surface area contributed by atoms with E-state index in [1.807, 2.05) is 48.5 Å². The fourth-order valence-corrected chi connectivity index (χ4v) is 12.8. The van der Waals surface area contributed by atoms with E-state index in [0.29, 0.717) is 32.5 Å². The molecule has 2 fully saturated rings. The lowest BCUT2D eigenvalue weighted by molar-refractivity contribution is -0.154. The smallest absolute Gasteiger partial charge is 0.245 e. The monoisotopic (exact) mass is 1330 g/mol. The molecule has 9 amide bonds. The molecule has 2 aliphatic heterocycles. The van der Waals surface area contributed by atoms with Crippen molar-refractivity contribution in [1.82, 2.24) is 50.2 Å². The highest BCUT2D eigenvalue weighted by Gasteiger charge is 2.45. The number of carbonyl (C=O) groups excluding carboxylic acids is 11. The number of amides is 9. The Kier molecular flexibility index (Phi) is 36.1. The molecule has 0 radical (unpaired) electrons. The molecule has 0 saturated carbocycles. The number of nitrogens with one attached hydrogen (secondary N) is 3. The minimum atomic E-state index is -1.65. The van der Waals surface area contributed by atoms with Crippen LogP contribution in [0, 0.1) is 47.3 Å². The Hall–Kier alpha value is -5.59. The molecule has 0 aromatic heterocycles. The Morgan fingerprint density at radius 2 is 1.03 bits per heavy atom. The van der Waals surface area contributed by atoms with Gasteiger partial charge in [0.1, 0.15) is 48.3 Å². The summed E-state index contributed by atoms with van der Waals surface area (Å²) in [4.78, 5) is 173. The molecular formula is C70H126N10O14. The van der Waals surface area contributed by atoms with E-state index in [4.69, 9.17) is 9.47 Å². The average Bonchev–Trinajstić information content (AvgIpc) is 0.826. The maximum Gasteiger partial charge on any atom is 0.245 e. The van der Waals surface area contributed by atoms with Crippen molar-refractivity contribution in [3.05, 3.63) is 0 Å². The number of aliphatic hydroxyl groups is 1. The summed E-state index contributed by atoms with van der Waals surface area (Å²) < 4.78 is 11.9. The summed E-state index contributed by atoms with van der Waals surface area (Å²) in [5, 5.41) is 20.4. The Morgan fingerprint density at radius 3 is 1.54 bits per heavy atom. The van der Waals surface area contributed by atoms with Gasteiger partial charge in [-0.1, -0.05) is 110 Å². The summed E-state index contributed by atoms with van der Waals surface area (Å²) in [6.45, 7) is 34.0. The third-order valence-corrected chi connectivity index (χ3v) is 19.1. The van der Waals surface area contributed by atoms with Gasteiger partial charge in [-0.25, -0.2) is 0 Å². The van der Waals surface area contributed by atoms with Gasteiger partial charge in [0.05, 0.1) is 31.5 Å². The van der Waals surface area contributed by atoms with Gasteiger partial charge in [0.15, 0.2) is 11.6 Å². The molecule has 0 aromatic rings. The van der Waals surface area contributed by atoms with Crippen molar-refractivity contribution in [2.75, 3.05) is 81.7 Å². The maximum atomic E-state index is 15.2. The number of ketones is 2. The van der Waals surface area contributed by atoms with E-state index in [2.05, 4.69) is 20.9 Å². The first-order chi connectivity index (χ1) is 43.8. The number of hydrogen-bond acceptors (Lipinski definition) is 15. The second kappa shape index (κ2) is 40.2. The van der Waals surface area contributed by atoms with E-state index in [1.54, 1.807) is 55.4 Å². The minimum absolute atomic E-state index is 0.0123. The van der Waals surface area contributed by atoms with E-state index < -0.39 is 161 Å². The average molecular weight is 1330 g/mol. The van der Waals surface area contributed by atoms with Gasteiger partial charge in [0.2, 0.25) is 53.2 Å². The zero-order valence-corrected chi connectivity index (χ0v) is 61.9. The van der Waals surface area contributed by atoms with E-state index in [9.17, 15) is 43.5 Å². The third-order valence-electron chi connectivity index (χ3n) is 19.1. The van der Waals surface area contributed by atoms with Crippen molar-refractivity contribution in [3.8, 4) is 0 Å². The van der Waals surface area contributed by atoms with Crippen LogP contribution in [0.5, 0.6) is 0 Å². The number of nitrogens with zero attached hydrogens (tertiary/aromatic N) is 7. The molecule has 0 spiro atoms. The standard InChI is InChI=1S/C70H126N10O14/c1-24-26-29-46(13)61(83)58-63(85)72-52(25-2)68(90)74(18)49(16)66(88)79(23)60(50(17)94-33-28-27-30-80-31-34-93-35-32-80)57(82)40-51(44(9)10)67(89)75(19)53(36-41(3)4)56(81)39-47(14)62(84)71-48(15)65(87)76(20)54(37-42(5)6)69(91)77(21)55(38-43(7)8)70(92)78(22)59(45(11)12)64(86)73-58/h41-55,58-61,83H,24-40H2,1-23H3,(H,71,84)(H,72,85)(H,73,86)/t46-,47-,48-,49-,50-,51+,52+,53+,54+,55?,58+,59+,60+,61-/m1/s1. The lowest BCUT2D eigenvalue weighted by Gasteiger charge is -2.40. The van der Waals surface area contributed by atoms with Crippen LogP contribution in [-0.4, -0.2) is 252 Å². The van der Waals surface area contributed by atoms with Gasteiger partial charge < -0.3 is 59.9 Å². The van der Waals surface area contributed by atoms with Crippen molar-refractivity contribution in [3.63, 3.8) is 0 Å². The van der Waals surface area contributed by atoms with Crippen LogP contribution in [0.4, 0.5) is 0 Å². The van der Waals surface area contributed by atoms with Crippen molar-refractivity contribution >= 4 is 64.7 Å². The van der Waals surface area contributed by atoms with Gasteiger partial charge in [-0.15, -0.1) is 0 Å². The van der Waals surface area contributed by atoms with Crippen molar-refractivity contribution in [2.45, 2.75) is 255 Å². The van der Waals surface area contributed by atoms with Gasteiger partial charge in [0.25, 0.3) is 0 Å². The number of likely N-dealkylation sites (N-methyl/N-ethyl adjacent to an activating group) is 6. The number of aliphatic hydroxyl groups excluding tert-OH is 1. The normalized spacial score (nSPS) is 27.7. The summed E-state index contributed by atoms with van der Waals surface area (Å²) in [6.07, 6.45) is 0.886. The van der Waals surface area contributed by atoms with Gasteiger partial charge in [-0.2, -0.15) is 0 Å². The number of ether oxygens (including phenoxy) is 2. The number of rotatable bonds is 21. The van der Waals surface area contributed by atoms with Gasteiger partial charge >= 0.3 is 0 Å². The molecule has 24 heteroatoms. The second-order valence-electron chi connectivity index (χ2n) is 29.1. The number of carbonyl (C=O) groups is 11. The zero-order valence-electron chi connectivity index (χ0n) is 61.9. The molecule has 2 saturated heterocycles. The SMILES string of the molecule is CCCC[C@@H](C)[C@@H](O)[C@@H]1NC(=O)[C@H](C(C)C)N(C)C(=O)C(CC(C)C)N(C)C(=O)[C@H](CC(C)C)N(C)C(=O)[C@@H](C)NC(=O)[C@H](C)CC(=O)[C@H](CC(C)C)N(C)C(=O)[C@H](C(C)C)CC(=O)[C@H]([C@@H](C)OCCCCN2CCOCC2)N(C)C(=O)[C@@H](C)N(C)C(=O)[C@H](CC)NC1=O. The molecule has 2 heterocycles. The van der Waals surface area contributed by atoms with E-state index in [-0.39, 0.29) is 62.9 Å². The van der Waals surface area contributed by atoms with Gasteiger partial charge in [0, 0.05) is 86.7 Å². The fourth-order valence-electron chi connectivity index (χ4n) is 12.8. The fraction of sp³-hybridized carbons (Fsp3) is 0.843. The number of unbranched alkanes of at least 4 members (excludes halogenated alkanes) is 2. The maximum absolute atomic E-state index is 15.2. The molecule has 94 heavy (non-hydrogen) atoms. The third kappa shape index (κ3) is 24.5. The molecule has 0 aromatic carbocycles. The van der Waals surface area contributed by atoms with Crippen LogP contribution in [-0.2, 0) is 62.2 Å². The molecule has 540 valence electrons. The summed E-state index contributed by atoms with van der Waals surface area (Å²) in [7, 11) is 8.73. The molecule has 4 N–H and O–H groups in total. The Morgan fingerprint density at radius 1 is 0.521 bits per heavy atom. The highest BCUT2D eigenvalue weighted by molar-refractivity contribution is 6.00. The largest absolute Gasteiger partial charge is 0.390 e. The summed E-state index contributed by atoms with van der Waals surface area (Å²) >= 11 is 0. The van der Waals surface area contributed by atoms with Crippen molar-refractivity contribution in [2.24, 2.45) is 47.3 Å². The van der Waals surface area contributed by atoms with Crippen molar-refractivity contribution in [1.29, 1.82) is 0 Å². The molecule has 24 nitrogen and oxygen atoms in total. The topological polar surface area (TPSA) is 285 Å². The van der Waals surface area contributed by atoms with Crippen LogP contribution >= 0.6 is 0 Å². The van der Waals surface area contributed by atoms with E-state index in [1.165, 1.54) is 85.5 Å². The first-order valence-electron chi connectivity index (χ1n) is 35.0. The minimum Gasteiger partial charge on any atom is -0.390 e. The summed E-state index contributed by atoms with van der Waals surface area (Å²) in [5.74, 6) is -10.8. The molecular weight excluding hydrogens is 1200 g/mol. The predicted molar refractivity (Wildman–Crippen MR) is 363 cm³/mol. The summed E-state index contributed by atoms with van der Waals surface area (Å²) in [5.41, 5.74) is 0. The highest BCUT2D eigenvalue weighted by Crippen LogP contribution is 2.28. The molecule has 1 unspecified atom stereocenters. The predicted octanol–water partition coefficient (Wildman–Crippen LogP) is 5.19. The number of morpholine rings is 1. The quantitative estimate of drug-likeness (QED) is 0.108. The van der Waals surface area contributed by atoms with Gasteiger partial charge in [-0.3, -0.25) is 57.6 Å². The first kappa shape index (κ1) is 84.5. The van der Waals surface area contributed by atoms with Crippen LogP contribution in [0.2, 0.25) is 0 Å².